The van der Waals surface area contributed by atoms with Crippen molar-refractivity contribution in [3.63, 3.8) is 0 Å². The number of methoxy groups -OCH3 is 1. The normalized spacial score (nSPS) is 23.4. The number of fused-ring (bicyclic) bond motifs is 1. The van der Waals surface area contributed by atoms with Gasteiger partial charge in [-0.3, -0.25) is 4.99 Å². The summed E-state index contributed by atoms with van der Waals surface area (Å²) in [6, 6.07) is 4.26. The van der Waals surface area contributed by atoms with Crippen molar-refractivity contribution < 1.29 is 9.47 Å². The topological polar surface area (TPSA) is 55.7 Å². The van der Waals surface area contributed by atoms with Crippen LogP contribution in [-0.4, -0.2) is 37.0 Å². The summed E-state index contributed by atoms with van der Waals surface area (Å²) in [6.07, 6.45) is 4.84. The van der Waals surface area contributed by atoms with Gasteiger partial charge in [0.15, 0.2) is 0 Å². The van der Waals surface area contributed by atoms with Gasteiger partial charge in [-0.2, -0.15) is 0 Å². The van der Waals surface area contributed by atoms with E-state index in [1.54, 1.807) is 18.4 Å². The first-order chi connectivity index (χ1) is 13.6. The van der Waals surface area contributed by atoms with Crippen LogP contribution in [0, 0.1) is 5.92 Å². The van der Waals surface area contributed by atoms with Crippen molar-refractivity contribution in [3.8, 4) is 17.0 Å². The predicted molar refractivity (Wildman–Crippen MR) is 113 cm³/mol. The molecule has 1 aromatic heterocycles. The number of thiazole rings is 1. The summed E-state index contributed by atoms with van der Waals surface area (Å²) in [6.45, 7) is 6.00. The van der Waals surface area contributed by atoms with Crippen molar-refractivity contribution in [1.82, 2.24) is 10.3 Å². The van der Waals surface area contributed by atoms with Crippen molar-refractivity contribution in [3.05, 3.63) is 28.1 Å². The summed E-state index contributed by atoms with van der Waals surface area (Å²) in [7, 11) is 1.77. The van der Waals surface area contributed by atoms with Gasteiger partial charge in [-0.25, -0.2) is 4.98 Å². The Hall–Kier alpha value is -1.76. The van der Waals surface area contributed by atoms with Crippen LogP contribution in [0.2, 0.25) is 0 Å². The maximum Gasteiger partial charge on any atom is 0.144 e. The molecule has 2 aliphatic heterocycles. The number of hydrogen-bond acceptors (Lipinski definition) is 6. The Labute approximate surface area is 170 Å². The Morgan fingerprint density at radius 2 is 2.07 bits per heavy atom. The maximum atomic E-state index is 6.53. The Morgan fingerprint density at radius 1 is 1.25 bits per heavy atom. The molecule has 2 aromatic rings. The molecule has 5 rings (SSSR count). The zero-order valence-corrected chi connectivity index (χ0v) is 17.6. The van der Waals surface area contributed by atoms with Crippen LogP contribution in [0.3, 0.4) is 0 Å². The van der Waals surface area contributed by atoms with Crippen LogP contribution in [0.5, 0.6) is 5.75 Å². The first kappa shape index (κ1) is 18.3. The van der Waals surface area contributed by atoms with E-state index in [1.807, 2.05) is 0 Å². The summed E-state index contributed by atoms with van der Waals surface area (Å²) < 4.78 is 12.3. The molecule has 1 aromatic carbocycles. The van der Waals surface area contributed by atoms with Crippen LogP contribution in [0.1, 0.15) is 43.7 Å². The molecule has 2 fully saturated rings. The van der Waals surface area contributed by atoms with E-state index >= 15 is 0 Å². The lowest BCUT2D eigenvalue weighted by Gasteiger charge is -2.39. The summed E-state index contributed by atoms with van der Waals surface area (Å²) in [5.74, 6) is 1.44. The summed E-state index contributed by atoms with van der Waals surface area (Å²) in [4.78, 5) is 9.82. The highest BCUT2D eigenvalue weighted by molar-refractivity contribution is 7.10. The molecule has 6 heteroatoms. The molecule has 3 aliphatic rings. The molecule has 0 spiro atoms. The van der Waals surface area contributed by atoms with Crippen molar-refractivity contribution in [2.45, 2.75) is 51.2 Å². The summed E-state index contributed by atoms with van der Waals surface area (Å²) in [5.41, 5.74) is 5.30. The lowest BCUT2D eigenvalue weighted by Crippen LogP contribution is -2.57. The van der Waals surface area contributed by atoms with Gasteiger partial charge in [0, 0.05) is 42.4 Å². The third kappa shape index (κ3) is 2.90. The van der Waals surface area contributed by atoms with Gasteiger partial charge in [-0.1, -0.05) is 6.92 Å². The summed E-state index contributed by atoms with van der Waals surface area (Å²) >= 11 is 1.68. The van der Waals surface area contributed by atoms with Crippen molar-refractivity contribution >= 4 is 22.7 Å². The number of rotatable bonds is 5. The highest BCUT2D eigenvalue weighted by atomic mass is 32.1. The fraction of sp³-hybridized carbons (Fsp3) is 0.545. The van der Waals surface area contributed by atoms with E-state index in [9.17, 15) is 0 Å². The second-order valence-electron chi connectivity index (χ2n) is 8.31. The summed E-state index contributed by atoms with van der Waals surface area (Å²) in [5, 5.41) is 6.49. The second kappa shape index (κ2) is 6.94. The molecule has 0 bridgehead atoms. The highest BCUT2D eigenvalue weighted by Crippen LogP contribution is 2.45. The highest BCUT2D eigenvalue weighted by Gasteiger charge is 2.42. The predicted octanol–water partition coefficient (Wildman–Crippen LogP) is 4.47. The van der Waals surface area contributed by atoms with Crippen LogP contribution in [0.4, 0.5) is 5.69 Å². The lowest BCUT2D eigenvalue weighted by atomic mass is 9.89. The van der Waals surface area contributed by atoms with Crippen molar-refractivity contribution in [2.75, 3.05) is 20.2 Å². The number of ether oxygens (including phenoxy) is 2. The minimum Gasteiger partial charge on any atom is -0.489 e. The van der Waals surface area contributed by atoms with E-state index in [4.69, 9.17) is 19.5 Å². The molecule has 1 saturated carbocycles. The number of aromatic nitrogens is 1. The minimum absolute atomic E-state index is 0.276. The van der Waals surface area contributed by atoms with E-state index < -0.39 is 0 Å². The van der Waals surface area contributed by atoms with Crippen LogP contribution in [0.15, 0.2) is 22.5 Å². The van der Waals surface area contributed by atoms with E-state index in [0.29, 0.717) is 12.0 Å². The Bertz CT molecular complexity index is 922. The van der Waals surface area contributed by atoms with E-state index in [0.717, 1.165) is 60.1 Å². The zero-order valence-electron chi connectivity index (χ0n) is 16.7. The molecule has 1 atom stereocenters. The van der Waals surface area contributed by atoms with Crippen LogP contribution in [-0.2, 0) is 16.8 Å². The number of nitrogens with one attached hydrogen (secondary N) is 1. The van der Waals surface area contributed by atoms with Crippen LogP contribution >= 0.6 is 11.3 Å². The Balaban J connectivity index is 1.58. The number of nitrogens with zero attached hydrogens (tertiary/aromatic N) is 2. The minimum atomic E-state index is -0.276. The molecule has 1 N–H and O–H groups in total. The average molecular weight is 398 g/mol. The molecule has 1 aliphatic carbocycles. The van der Waals surface area contributed by atoms with Crippen LogP contribution in [0.25, 0.3) is 11.3 Å². The van der Waals surface area contributed by atoms with Crippen molar-refractivity contribution in [1.29, 1.82) is 0 Å². The monoisotopic (exact) mass is 397 g/mol. The van der Waals surface area contributed by atoms with Crippen molar-refractivity contribution in [2.24, 2.45) is 10.9 Å². The molecule has 0 amide bonds. The van der Waals surface area contributed by atoms with Gasteiger partial charge in [0.25, 0.3) is 0 Å². The smallest absolute Gasteiger partial charge is 0.144 e. The Kier molecular flexibility index (Phi) is 4.53. The standard InChI is InChI=1S/C22H27N3O2S/c1-13-9-17-18(24-14(13)2)8-7-16(20(17)27-15-5-4-6-15)19-10-28-21(25-19)22(26-3)11-23-12-22/h7-8,10,13,15,23H,4-6,9,11-12H2,1-3H3/t13-/m0/s1. The maximum absolute atomic E-state index is 6.53. The molecule has 5 nitrogen and oxygen atoms in total. The first-order valence-electron chi connectivity index (χ1n) is 10.2. The molecule has 0 radical (unpaired) electrons. The second-order valence-corrected chi connectivity index (χ2v) is 9.17. The molecule has 148 valence electrons. The lowest BCUT2D eigenvalue weighted by molar-refractivity contribution is -0.0565. The quantitative estimate of drug-likeness (QED) is 0.809. The van der Waals surface area contributed by atoms with Gasteiger partial charge in [0.1, 0.15) is 16.4 Å². The van der Waals surface area contributed by atoms with Gasteiger partial charge in [-0.15, -0.1) is 11.3 Å². The van der Waals surface area contributed by atoms with E-state index in [1.165, 1.54) is 17.7 Å². The number of benzene rings is 1. The third-order valence-corrected chi connectivity index (χ3v) is 7.50. The average Bonchev–Trinajstić information content (AvgIpc) is 3.09. The van der Waals surface area contributed by atoms with Gasteiger partial charge in [0.2, 0.25) is 0 Å². The molecule has 0 unspecified atom stereocenters. The fourth-order valence-electron chi connectivity index (χ4n) is 4.01. The van der Waals surface area contributed by atoms with E-state index in [-0.39, 0.29) is 5.60 Å². The first-order valence-corrected chi connectivity index (χ1v) is 11.1. The van der Waals surface area contributed by atoms with Crippen LogP contribution < -0.4 is 10.1 Å². The van der Waals surface area contributed by atoms with E-state index in [2.05, 4.69) is 36.7 Å². The molecule has 1 saturated heterocycles. The molecular formula is C22H27N3O2S. The van der Waals surface area contributed by atoms with Gasteiger partial charge in [-0.05, 0) is 50.7 Å². The SMILES string of the molecule is COC1(c2nc(-c3ccc4c(c3OC3CCC3)C[C@H](C)C(C)=N4)cs2)CNC1. The molecule has 28 heavy (non-hydrogen) atoms. The van der Waals surface area contributed by atoms with Gasteiger partial charge < -0.3 is 14.8 Å². The molecule has 3 heterocycles. The zero-order chi connectivity index (χ0) is 19.3. The number of aliphatic imine (C=N–C) groups is 1. The number of hydrogen-bond donors (Lipinski definition) is 1. The van der Waals surface area contributed by atoms with Gasteiger partial charge in [0.05, 0.1) is 17.5 Å². The largest absolute Gasteiger partial charge is 0.489 e. The van der Waals surface area contributed by atoms with Gasteiger partial charge >= 0.3 is 0 Å². The third-order valence-electron chi connectivity index (χ3n) is 6.47. The fourth-order valence-corrected chi connectivity index (χ4v) is 5.00. The Morgan fingerprint density at radius 3 is 2.71 bits per heavy atom. The molecular weight excluding hydrogens is 370 g/mol.